The van der Waals surface area contributed by atoms with Gasteiger partial charge >= 0.3 is 5.63 Å². The molecule has 1 aromatic heterocycles. The molecule has 0 aliphatic heterocycles. The van der Waals surface area contributed by atoms with Crippen LogP contribution in [-0.4, -0.2) is 5.16 Å². The van der Waals surface area contributed by atoms with Crippen molar-refractivity contribution in [2.45, 2.75) is 12.8 Å². The average molecular weight is 224 g/mol. The van der Waals surface area contributed by atoms with Crippen molar-refractivity contribution in [2.75, 3.05) is 0 Å². The number of H-pyrrole nitrogens is 1. The Labute approximate surface area is 91.6 Å². The monoisotopic (exact) mass is 223 g/mol. The van der Waals surface area contributed by atoms with Crippen molar-refractivity contribution in [1.29, 1.82) is 0 Å². The van der Waals surface area contributed by atoms with E-state index in [2.05, 4.69) is 9.68 Å². The van der Waals surface area contributed by atoms with Crippen LogP contribution in [0.15, 0.2) is 39.6 Å². The van der Waals surface area contributed by atoms with Crippen molar-refractivity contribution in [1.82, 2.24) is 5.16 Å². The predicted octanol–water partition coefficient (Wildman–Crippen LogP) is 2.41. The Kier molecular flexibility index (Phi) is 2.92. The third-order valence-electron chi connectivity index (χ3n) is 2.22. The summed E-state index contributed by atoms with van der Waals surface area (Å²) in [5, 5.41) is 2.68. The lowest BCUT2D eigenvalue weighted by atomic mass is 10.1. The van der Waals surface area contributed by atoms with Crippen LogP contribution in [0.2, 0.25) is 5.02 Å². The highest BCUT2D eigenvalue weighted by Gasteiger charge is 2.08. The molecule has 15 heavy (non-hydrogen) atoms. The van der Waals surface area contributed by atoms with E-state index in [4.69, 9.17) is 11.6 Å². The first-order valence-corrected chi connectivity index (χ1v) is 5.05. The molecule has 0 saturated heterocycles. The maximum absolute atomic E-state index is 10.9. The molecule has 0 fully saturated rings. The Morgan fingerprint density at radius 1 is 1.20 bits per heavy atom. The van der Waals surface area contributed by atoms with Crippen molar-refractivity contribution >= 4 is 11.6 Å². The molecule has 2 aromatic rings. The van der Waals surface area contributed by atoms with E-state index in [0.29, 0.717) is 12.1 Å². The van der Waals surface area contributed by atoms with Crippen LogP contribution in [0, 0.1) is 0 Å². The van der Waals surface area contributed by atoms with Crippen LogP contribution in [-0.2, 0) is 12.8 Å². The van der Waals surface area contributed by atoms with Gasteiger partial charge in [0, 0.05) is 0 Å². The molecule has 0 spiro atoms. The Morgan fingerprint density at radius 2 is 1.93 bits per heavy atom. The Hall–Kier alpha value is -1.48. The van der Waals surface area contributed by atoms with E-state index >= 15 is 0 Å². The van der Waals surface area contributed by atoms with E-state index in [1.807, 2.05) is 30.3 Å². The summed E-state index contributed by atoms with van der Waals surface area (Å²) in [5.41, 5.74) is 1.36. The van der Waals surface area contributed by atoms with Gasteiger partial charge in [0.25, 0.3) is 0 Å². The van der Waals surface area contributed by atoms with Crippen molar-refractivity contribution in [3.8, 4) is 0 Å². The van der Waals surface area contributed by atoms with Gasteiger partial charge in [-0.15, -0.1) is 0 Å². The van der Waals surface area contributed by atoms with Gasteiger partial charge in [-0.05, 0) is 18.4 Å². The van der Waals surface area contributed by atoms with Crippen LogP contribution in [0.3, 0.4) is 0 Å². The molecule has 0 atom stereocenters. The van der Waals surface area contributed by atoms with Gasteiger partial charge in [0.1, 0.15) is 0 Å². The quantitative estimate of drug-likeness (QED) is 0.869. The minimum absolute atomic E-state index is 0.158. The summed E-state index contributed by atoms with van der Waals surface area (Å²) in [5.74, 6) is 0. The zero-order chi connectivity index (χ0) is 10.7. The summed E-state index contributed by atoms with van der Waals surface area (Å²) in [4.78, 5) is 10.9. The van der Waals surface area contributed by atoms with Crippen molar-refractivity contribution in [3.63, 3.8) is 0 Å². The maximum Gasteiger partial charge on any atom is 0.375 e. The summed E-state index contributed by atoms with van der Waals surface area (Å²) >= 11 is 5.74. The first-order valence-electron chi connectivity index (χ1n) is 4.67. The number of hydrogen-bond donors (Lipinski definition) is 1. The largest absolute Gasteiger partial charge is 0.375 e. The Morgan fingerprint density at radius 3 is 2.53 bits per heavy atom. The first-order chi connectivity index (χ1) is 7.27. The van der Waals surface area contributed by atoms with Gasteiger partial charge in [-0.3, -0.25) is 0 Å². The van der Waals surface area contributed by atoms with E-state index in [9.17, 15) is 4.79 Å². The molecule has 78 valence electrons. The maximum atomic E-state index is 10.9. The van der Waals surface area contributed by atoms with Crippen molar-refractivity contribution in [3.05, 3.63) is 57.0 Å². The fraction of sp³-hybridized carbons (Fsp3) is 0.182. The lowest BCUT2D eigenvalue weighted by Gasteiger charge is -1.98. The van der Waals surface area contributed by atoms with E-state index in [-0.39, 0.29) is 5.02 Å². The summed E-state index contributed by atoms with van der Waals surface area (Å²) in [6.45, 7) is 0. The highest BCUT2D eigenvalue weighted by Crippen LogP contribution is 2.11. The van der Waals surface area contributed by atoms with Gasteiger partial charge in [-0.25, -0.2) is 9.95 Å². The third kappa shape index (κ3) is 2.30. The number of rotatable bonds is 3. The van der Waals surface area contributed by atoms with Gasteiger partial charge in [0.05, 0.1) is 5.69 Å². The molecule has 2 rings (SSSR count). The molecular formula is C11H10ClNO2. The molecule has 0 radical (unpaired) electrons. The van der Waals surface area contributed by atoms with Gasteiger partial charge in [-0.2, -0.15) is 0 Å². The molecule has 1 heterocycles. The minimum Gasteiger partial charge on any atom is -0.337 e. The van der Waals surface area contributed by atoms with Crippen LogP contribution in [0.25, 0.3) is 0 Å². The minimum atomic E-state index is -0.500. The van der Waals surface area contributed by atoms with Crippen LogP contribution in [0.1, 0.15) is 11.3 Å². The fourth-order valence-corrected chi connectivity index (χ4v) is 1.57. The number of aromatic nitrogens is 1. The molecule has 0 saturated carbocycles. The predicted molar refractivity (Wildman–Crippen MR) is 58.2 cm³/mol. The van der Waals surface area contributed by atoms with E-state index in [0.717, 1.165) is 6.42 Å². The summed E-state index contributed by atoms with van der Waals surface area (Å²) in [7, 11) is 0. The summed E-state index contributed by atoms with van der Waals surface area (Å²) in [6, 6.07) is 10.00. The molecule has 0 aliphatic carbocycles. The molecule has 1 aromatic carbocycles. The van der Waals surface area contributed by atoms with Crippen LogP contribution >= 0.6 is 11.6 Å². The highest BCUT2D eigenvalue weighted by atomic mass is 35.5. The summed E-state index contributed by atoms with van der Waals surface area (Å²) in [6.07, 6.45) is 1.50. The number of benzene rings is 1. The molecular weight excluding hydrogens is 214 g/mol. The van der Waals surface area contributed by atoms with Gasteiger partial charge in [-0.1, -0.05) is 41.9 Å². The van der Waals surface area contributed by atoms with Crippen molar-refractivity contribution < 1.29 is 4.52 Å². The van der Waals surface area contributed by atoms with Gasteiger partial charge < -0.3 is 4.52 Å². The summed E-state index contributed by atoms with van der Waals surface area (Å²) < 4.78 is 4.57. The number of aryl methyl sites for hydroxylation is 2. The standard InChI is InChI=1S/C11H10ClNO2/c12-10-9(13-15-11(10)14)7-6-8-4-2-1-3-5-8/h1-5,13H,6-7H2. The van der Waals surface area contributed by atoms with Gasteiger partial charge in [0.15, 0.2) is 5.02 Å². The molecule has 1 N–H and O–H groups in total. The first kappa shape index (κ1) is 10.1. The highest BCUT2D eigenvalue weighted by molar-refractivity contribution is 6.30. The van der Waals surface area contributed by atoms with Crippen LogP contribution in [0.4, 0.5) is 0 Å². The Bertz CT molecular complexity index is 487. The molecule has 0 unspecified atom stereocenters. The molecule has 0 bridgehead atoms. The number of hydrogen-bond acceptors (Lipinski definition) is 2. The molecule has 4 heteroatoms. The fourth-order valence-electron chi connectivity index (χ4n) is 1.40. The zero-order valence-electron chi connectivity index (χ0n) is 8.00. The lowest BCUT2D eigenvalue weighted by molar-refractivity contribution is 0.385. The van der Waals surface area contributed by atoms with E-state index in [1.165, 1.54) is 5.56 Å². The zero-order valence-corrected chi connectivity index (χ0v) is 8.75. The second-order valence-corrected chi connectivity index (χ2v) is 3.65. The lowest BCUT2D eigenvalue weighted by Crippen LogP contribution is -1.95. The normalized spacial score (nSPS) is 10.5. The topological polar surface area (TPSA) is 46.0 Å². The number of nitrogens with one attached hydrogen (secondary N) is 1. The van der Waals surface area contributed by atoms with E-state index in [1.54, 1.807) is 0 Å². The average Bonchev–Trinajstić information content (AvgIpc) is 2.59. The SMILES string of the molecule is O=c1o[nH]c(CCc2ccccc2)c1Cl. The molecule has 3 nitrogen and oxygen atoms in total. The Balaban J connectivity index is 2.06. The smallest absolute Gasteiger partial charge is 0.337 e. The van der Waals surface area contributed by atoms with Crippen LogP contribution < -0.4 is 5.63 Å². The second kappa shape index (κ2) is 4.36. The molecule has 0 aliphatic rings. The number of halogens is 1. The molecule has 0 amide bonds. The van der Waals surface area contributed by atoms with Gasteiger partial charge in [0.2, 0.25) is 0 Å². The van der Waals surface area contributed by atoms with Crippen LogP contribution in [0.5, 0.6) is 0 Å². The van der Waals surface area contributed by atoms with Crippen molar-refractivity contribution in [2.24, 2.45) is 0 Å². The third-order valence-corrected chi connectivity index (χ3v) is 2.60. The number of aromatic amines is 1. The van der Waals surface area contributed by atoms with E-state index < -0.39 is 5.63 Å². The second-order valence-electron chi connectivity index (χ2n) is 3.27.